The van der Waals surface area contributed by atoms with Crippen LogP contribution < -0.4 is 5.32 Å². The van der Waals surface area contributed by atoms with E-state index in [1.807, 2.05) is 0 Å². The summed E-state index contributed by atoms with van der Waals surface area (Å²) in [7, 11) is -1.74. The summed E-state index contributed by atoms with van der Waals surface area (Å²) in [5.74, 6) is 0.200. The third-order valence-electron chi connectivity index (χ3n) is 3.04. The fourth-order valence-electron chi connectivity index (χ4n) is 2.05. The van der Waals surface area contributed by atoms with Crippen LogP contribution in [0.5, 0.6) is 0 Å². The van der Waals surface area contributed by atoms with E-state index in [1.165, 1.54) is 22.2 Å². The van der Waals surface area contributed by atoms with Crippen molar-refractivity contribution in [2.24, 2.45) is 13.0 Å². The zero-order chi connectivity index (χ0) is 17.2. The second-order valence-electron chi connectivity index (χ2n) is 5.78. The minimum Gasteiger partial charge on any atom is -0.346 e. The molecule has 1 amide bonds. The van der Waals surface area contributed by atoms with Crippen LogP contribution >= 0.6 is 11.3 Å². The Labute approximate surface area is 139 Å². The maximum atomic E-state index is 12.2. The van der Waals surface area contributed by atoms with Gasteiger partial charge in [-0.3, -0.25) is 9.48 Å². The van der Waals surface area contributed by atoms with Crippen molar-refractivity contribution in [3.8, 4) is 0 Å². The van der Waals surface area contributed by atoms with Crippen LogP contribution in [0.25, 0.3) is 0 Å². The molecule has 2 aromatic rings. The third-order valence-corrected chi connectivity index (χ3v) is 5.20. The molecule has 2 heterocycles. The molecule has 23 heavy (non-hydrogen) atoms. The lowest BCUT2D eigenvalue weighted by Crippen LogP contribution is -2.23. The molecule has 0 atom stereocenters. The van der Waals surface area contributed by atoms with Gasteiger partial charge in [0.2, 0.25) is 0 Å². The Kier molecular flexibility index (Phi) is 5.20. The van der Waals surface area contributed by atoms with Gasteiger partial charge < -0.3 is 5.32 Å². The molecule has 2 rings (SSSR count). The second kappa shape index (κ2) is 6.79. The number of carbonyl (C=O) groups excluding carboxylic acids is 1. The van der Waals surface area contributed by atoms with Gasteiger partial charge in [-0.1, -0.05) is 13.8 Å². The van der Waals surface area contributed by atoms with E-state index in [4.69, 9.17) is 0 Å². The predicted octanol–water partition coefficient (Wildman–Crippen LogP) is 1.41. The molecule has 0 saturated carbocycles. The minimum atomic E-state index is -3.38. The Balaban J connectivity index is 2.06. The molecule has 0 unspecified atom stereocenters. The summed E-state index contributed by atoms with van der Waals surface area (Å²) in [4.78, 5) is 17.0. The second-order valence-corrected chi connectivity index (χ2v) is 8.88. The van der Waals surface area contributed by atoms with Crippen LogP contribution in [0.1, 0.15) is 34.2 Å². The molecule has 0 aromatic carbocycles. The van der Waals surface area contributed by atoms with Crippen LogP contribution in [-0.4, -0.2) is 35.3 Å². The average molecular weight is 356 g/mol. The van der Waals surface area contributed by atoms with Gasteiger partial charge in [-0.05, 0) is 5.92 Å². The van der Waals surface area contributed by atoms with Gasteiger partial charge in [0.1, 0.15) is 15.5 Å². The molecule has 0 saturated heterocycles. The lowest BCUT2D eigenvalue weighted by atomic mass is 10.1. The molecule has 7 nitrogen and oxygen atoms in total. The molecular formula is C14H20N4O3S2. The van der Waals surface area contributed by atoms with E-state index in [9.17, 15) is 13.2 Å². The number of sulfone groups is 1. The van der Waals surface area contributed by atoms with Crippen LogP contribution in [0.4, 0.5) is 0 Å². The number of hydrogen-bond donors (Lipinski definition) is 1. The molecule has 126 valence electrons. The number of aromatic nitrogens is 3. The summed E-state index contributed by atoms with van der Waals surface area (Å²) in [5.41, 5.74) is 0.329. The summed E-state index contributed by atoms with van der Waals surface area (Å²) in [6.45, 7) is 4.24. The molecule has 0 aliphatic rings. The monoisotopic (exact) mass is 356 g/mol. The molecule has 0 aliphatic heterocycles. The van der Waals surface area contributed by atoms with Crippen molar-refractivity contribution in [3.63, 3.8) is 0 Å². The lowest BCUT2D eigenvalue weighted by molar-refractivity contribution is 0.0954. The van der Waals surface area contributed by atoms with E-state index in [-0.39, 0.29) is 17.3 Å². The molecule has 0 spiro atoms. The smallest absolute Gasteiger partial charge is 0.263 e. The number of nitrogens with zero attached hydrogens (tertiary/aromatic N) is 3. The number of aryl methyl sites for hydroxylation is 1. The fraction of sp³-hybridized carbons (Fsp3) is 0.500. The normalized spacial score (nSPS) is 11.9. The highest BCUT2D eigenvalue weighted by Gasteiger charge is 2.19. The van der Waals surface area contributed by atoms with Gasteiger partial charge in [0.05, 0.1) is 17.7 Å². The Bertz CT molecular complexity index is 806. The van der Waals surface area contributed by atoms with Crippen LogP contribution in [0.3, 0.4) is 0 Å². The third kappa shape index (κ3) is 4.61. The highest BCUT2D eigenvalue weighted by molar-refractivity contribution is 7.90. The number of nitrogens with one attached hydrogen (secondary N) is 1. The zero-order valence-electron chi connectivity index (χ0n) is 13.5. The number of hydrogen-bond acceptors (Lipinski definition) is 6. The van der Waals surface area contributed by atoms with Crippen LogP contribution in [0.2, 0.25) is 0 Å². The zero-order valence-corrected chi connectivity index (χ0v) is 15.2. The van der Waals surface area contributed by atoms with Gasteiger partial charge in [0.15, 0.2) is 9.84 Å². The molecule has 2 aromatic heterocycles. The summed E-state index contributed by atoms with van der Waals surface area (Å²) in [6.07, 6.45) is 4.94. The average Bonchev–Trinajstić information content (AvgIpc) is 3.01. The topological polar surface area (TPSA) is 93.9 Å². The highest BCUT2D eigenvalue weighted by Crippen LogP contribution is 2.17. The van der Waals surface area contributed by atoms with E-state index < -0.39 is 9.84 Å². The molecule has 0 aliphatic carbocycles. The fourth-order valence-corrected chi connectivity index (χ4v) is 3.99. The first-order valence-corrected chi connectivity index (χ1v) is 9.83. The van der Waals surface area contributed by atoms with Crippen molar-refractivity contribution in [1.29, 1.82) is 0 Å². The van der Waals surface area contributed by atoms with Crippen molar-refractivity contribution in [2.45, 2.75) is 31.7 Å². The molecule has 0 bridgehead atoms. The van der Waals surface area contributed by atoms with Crippen molar-refractivity contribution in [1.82, 2.24) is 20.1 Å². The van der Waals surface area contributed by atoms with E-state index in [1.54, 1.807) is 13.2 Å². The Hall–Kier alpha value is -1.74. The number of amides is 1. The number of thiazole rings is 1. The van der Waals surface area contributed by atoms with Crippen molar-refractivity contribution >= 4 is 27.1 Å². The van der Waals surface area contributed by atoms with Gasteiger partial charge in [-0.2, -0.15) is 5.10 Å². The van der Waals surface area contributed by atoms with Crippen LogP contribution in [0.15, 0.2) is 17.3 Å². The van der Waals surface area contributed by atoms with Gasteiger partial charge in [-0.25, -0.2) is 13.4 Å². The first kappa shape index (κ1) is 17.6. The number of rotatable bonds is 6. The first-order chi connectivity index (χ1) is 10.7. The SMILES string of the molecule is CC(C)Cc1ncc(C(=O)NCc2nn(C)cc2S(C)(=O)=O)s1. The molecule has 1 N–H and O–H groups in total. The van der Waals surface area contributed by atoms with Crippen molar-refractivity contribution in [2.75, 3.05) is 6.26 Å². The van der Waals surface area contributed by atoms with Gasteiger partial charge in [0.25, 0.3) is 5.91 Å². The van der Waals surface area contributed by atoms with E-state index in [2.05, 4.69) is 29.2 Å². The summed E-state index contributed by atoms with van der Waals surface area (Å²) < 4.78 is 24.8. The standard InChI is InChI=1S/C14H20N4O3S2/c1-9(2)5-13-15-7-11(22-13)14(19)16-6-10-12(23(4,20)21)8-18(3)17-10/h7-9H,5-6H2,1-4H3,(H,16,19). The van der Waals surface area contributed by atoms with Crippen molar-refractivity contribution < 1.29 is 13.2 Å². The molecule has 0 radical (unpaired) electrons. The van der Waals surface area contributed by atoms with E-state index >= 15 is 0 Å². The minimum absolute atomic E-state index is 0.0551. The lowest BCUT2D eigenvalue weighted by Gasteiger charge is -2.03. The molecular weight excluding hydrogens is 336 g/mol. The Morgan fingerprint density at radius 2 is 2.13 bits per heavy atom. The summed E-state index contributed by atoms with van der Waals surface area (Å²) >= 11 is 1.35. The van der Waals surface area contributed by atoms with Crippen molar-refractivity contribution in [3.05, 3.63) is 28.0 Å². The van der Waals surface area contributed by atoms with Crippen LogP contribution in [-0.2, 0) is 29.9 Å². The maximum absolute atomic E-state index is 12.2. The first-order valence-electron chi connectivity index (χ1n) is 7.12. The molecule has 9 heteroatoms. The largest absolute Gasteiger partial charge is 0.346 e. The predicted molar refractivity (Wildman–Crippen MR) is 88.1 cm³/mol. The Morgan fingerprint density at radius 3 is 2.74 bits per heavy atom. The van der Waals surface area contributed by atoms with Crippen LogP contribution in [0, 0.1) is 5.92 Å². The maximum Gasteiger partial charge on any atom is 0.263 e. The van der Waals surface area contributed by atoms with Gasteiger partial charge in [-0.15, -0.1) is 11.3 Å². The Morgan fingerprint density at radius 1 is 1.43 bits per heavy atom. The van der Waals surface area contributed by atoms with Gasteiger partial charge >= 0.3 is 0 Å². The van der Waals surface area contributed by atoms with Gasteiger partial charge in [0, 0.05) is 25.9 Å². The van der Waals surface area contributed by atoms with E-state index in [0.717, 1.165) is 17.7 Å². The highest BCUT2D eigenvalue weighted by atomic mass is 32.2. The number of carbonyl (C=O) groups is 1. The summed E-state index contributed by atoms with van der Waals surface area (Å²) in [6, 6.07) is 0. The molecule has 0 fully saturated rings. The van der Waals surface area contributed by atoms with E-state index in [0.29, 0.717) is 16.5 Å². The quantitative estimate of drug-likeness (QED) is 0.844. The summed E-state index contributed by atoms with van der Waals surface area (Å²) in [5, 5.41) is 7.71.